The van der Waals surface area contributed by atoms with Gasteiger partial charge < -0.3 is 15.0 Å². The summed E-state index contributed by atoms with van der Waals surface area (Å²) in [7, 11) is 1.33. The molecule has 1 aromatic heterocycles. The third kappa shape index (κ3) is 5.33. The van der Waals surface area contributed by atoms with Crippen LogP contribution in [-0.4, -0.2) is 52.9 Å². The molecule has 0 aliphatic carbocycles. The van der Waals surface area contributed by atoms with Crippen molar-refractivity contribution in [3.8, 4) is 0 Å². The maximum atomic E-state index is 12.9. The molecule has 1 aliphatic rings. The van der Waals surface area contributed by atoms with Gasteiger partial charge in [-0.3, -0.25) is 9.59 Å². The van der Waals surface area contributed by atoms with E-state index in [-0.39, 0.29) is 24.3 Å². The lowest BCUT2D eigenvalue weighted by molar-refractivity contribution is -0.127. The third-order valence-corrected chi connectivity index (χ3v) is 5.35. The zero-order chi connectivity index (χ0) is 22.4. The number of aryl methyl sites for hydroxylation is 1. The second-order valence-corrected chi connectivity index (χ2v) is 7.39. The smallest absolute Gasteiger partial charge is 0.337 e. The summed E-state index contributed by atoms with van der Waals surface area (Å²) in [6.07, 6.45) is 4.32. The Bertz CT molecular complexity index is 997. The molecule has 0 atom stereocenters. The number of rotatable bonds is 6. The molecule has 31 heavy (non-hydrogen) atoms. The van der Waals surface area contributed by atoms with E-state index in [1.807, 2.05) is 6.07 Å². The van der Waals surface area contributed by atoms with Crippen molar-refractivity contribution in [3.63, 3.8) is 0 Å². The van der Waals surface area contributed by atoms with Gasteiger partial charge in [0.2, 0.25) is 5.91 Å². The number of ether oxygens (including phenoxy) is 1. The molecular formula is C23H26N4O4. The number of methoxy groups -OCH3 is 1. The van der Waals surface area contributed by atoms with Gasteiger partial charge in [-0.2, -0.15) is 0 Å². The minimum atomic E-state index is -0.427. The fourth-order valence-corrected chi connectivity index (χ4v) is 3.68. The topological polar surface area (TPSA) is 101 Å². The molecule has 0 saturated carbocycles. The number of aromatic nitrogens is 2. The molecule has 3 rings (SSSR count). The number of nitrogens with one attached hydrogen (secondary N) is 1. The minimum Gasteiger partial charge on any atom is -0.465 e. The molecule has 1 fully saturated rings. The number of carbonyl (C=O) groups is 3. The molecule has 1 aromatic carbocycles. The van der Waals surface area contributed by atoms with Crippen molar-refractivity contribution in [2.24, 2.45) is 0 Å². The summed E-state index contributed by atoms with van der Waals surface area (Å²) in [6.45, 7) is 6.78. The number of hydrogen-bond acceptors (Lipinski definition) is 6. The van der Waals surface area contributed by atoms with Crippen LogP contribution in [0.25, 0.3) is 0 Å². The number of benzene rings is 1. The molecule has 2 aromatic rings. The van der Waals surface area contributed by atoms with Gasteiger partial charge in [-0.15, -0.1) is 0 Å². The highest BCUT2D eigenvalue weighted by Gasteiger charge is 2.27. The largest absolute Gasteiger partial charge is 0.465 e. The molecule has 0 bridgehead atoms. The predicted molar refractivity (Wildman–Crippen MR) is 114 cm³/mol. The van der Waals surface area contributed by atoms with Gasteiger partial charge in [-0.05, 0) is 43.5 Å². The lowest BCUT2D eigenvalue weighted by Gasteiger charge is -2.31. The fourth-order valence-electron chi connectivity index (χ4n) is 3.68. The highest BCUT2D eigenvalue weighted by atomic mass is 16.5. The van der Waals surface area contributed by atoms with Crippen LogP contribution in [-0.2, 0) is 16.1 Å². The standard InChI is InChI=1S/C23H26N4O4/c1-4-20(28)27-10-8-17(9-11-27)21-19(14-24-15(2)26-21)22(29)25-13-16-6-5-7-18(12-16)23(30)31-3/h4-7,12,14,17H,1,8-11,13H2,2-3H3,(H,25,29). The Balaban J connectivity index is 1.72. The van der Waals surface area contributed by atoms with E-state index in [9.17, 15) is 14.4 Å². The van der Waals surface area contributed by atoms with Crippen LogP contribution >= 0.6 is 0 Å². The monoisotopic (exact) mass is 422 g/mol. The molecule has 0 radical (unpaired) electrons. The first-order chi connectivity index (χ1) is 14.9. The van der Waals surface area contributed by atoms with E-state index in [2.05, 4.69) is 21.9 Å². The maximum Gasteiger partial charge on any atom is 0.337 e. The van der Waals surface area contributed by atoms with Crippen LogP contribution in [0, 0.1) is 6.92 Å². The molecule has 8 heteroatoms. The van der Waals surface area contributed by atoms with E-state index in [0.717, 1.165) is 18.4 Å². The van der Waals surface area contributed by atoms with E-state index in [0.29, 0.717) is 35.7 Å². The summed E-state index contributed by atoms with van der Waals surface area (Å²) >= 11 is 0. The highest BCUT2D eigenvalue weighted by molar-refractivity contribution is 5.95. The Hall–Kier alpha value is -3.55. The molecular weight excluding hydrogens is 396 g/mol. The van der Waals surface area contributed by atoms with E-state index in [1.54, 1.807) is 36.2 Å². The number of likely N-dealkylation sites (tertiary alicyclic amines) is 1. The van der Waals surface area contributed by atoms with Crippen molar-refractivity contribution >= 4 is 17.8 Å². The van der Waals surface area contributed by atoms with Crippen molar-refractivity contribution in [2.45, 2.75) is 32.2 Å². The van der Waals surface area contributed by atoms with Crippen LogP contribution in [0.2, 0.25) is 0 Å². The Morgan fingerprint density at radius 2 is 2.03 bits per heavy atom. The average Bonchev–Trinajstić information content (AvgIpc) is 2.81. The Labute approximate surface area is 181 Å². The van der Waals surface area contributed by atoms with Crippen molar-refractivity contribution in [3.05, 3.63) is 71.3 Å². The van der Waals surface area contributed by atoms with E-state index in [1.165, 1.54) is 13.2 Å². The molecule has 1 N–H and O–H groups in total. The molecule has 1 saturated heterocycles. The first kappa shape index (κ1) is 22.1. The minimum absolute atomic E-state index is 0.0685. The van der Waals surface area contributed by atoms with Gasteiger partial charge in [0.15, 0.2) is 0 Å². The van der Waals surface area contributed by atoms with Gasteiger partial charge in [-0.1, -0.05) is 18.7 Å². The molecule has 2 heterocycles. The van der Waals surface area contributed by atoms with Crippen LogP contribution < -0.4 is 5.32 Å². The molecule has 1 aliphatic heterocycles. The van der Waals surface area contributed by atoms with Gasteiger partial charge in [0.1, 0.15) is 5.82 Å². The lowest BCUT2D eigenvalue weighted by Crippen LogP contribution is -2.37. The van der Waals surface area contributed by atoms with E-state index in [4.69, 9.17) is 4.74 Å². The zero-order valence-corrected chi connectivity index (χ0v) is 17.8. The highest BCUT2D eigenvalue weighted by Crippen LogP contribution is 2.29. The van der Waals surface area contributed by atoms with E-state index < -0.39 is 5.97 Å². The maximum absolute atomic E-state index is 12.9. The lowest BCUT2D eigenvalue weighted by atomic mass is 9.90. The summed E-state index contributed by atoms with van der Waals surface area (Å²) in [5.41, 5.74) is 2.35. The van der Waals surface area contributed by atoms with E-state index >= 15 is 0 Å². The summed E-state index contributed by atoms with van der Waals surface area (Å²) < 4.78 is 4.74. The Morgan fingerprint density at radius 1 is 1.29 bits per heavy atom. The molecule has 2 amide bonds. The van der Waals surface area contributed by atoms with Crippen molar-refractivity contribution in [1.82, 2.24) is 20.2 Å². The summed E-state index contributed by atoms with van der Waals surface area (Å²) in [4.78, 5) is 47.0. The number of nitrogens with zero attached hydrogens (tertiary/aromatic N) is 3. The summed E-state index contributed by atoms with van der Waals surface area (Å²) in [5, 5.41) is 2.89. The quantitative estimate of drug-likeness (QED) is 0.567. The average molecular weight is 422 g/mol. The second-order valence-electron chi connectivity index (χ2n) is 7.39. The first-order valence-electron chi connectivity index (χ1n) is 10.1. The number of esters is 1. The van der Waals surface area contributed by atoms with Crippen molar-refractivity contribution in [2.75, 3.05) is 20.2 Å². The van der Waals surface area contributed by atoms with Gasteiger partial charge in [0, 0.05) is 31.7 Å². The van der Waals surface area contributed by atoms with Gasteiger partial charge in [0.05, 0.1) is 23.9 Å². The fraction of sp³-hybridized carbons (Fsp3) is 0.348. The van der Waals surface area contributed by atoms with Crippen LogP contribution in [0.4, 0.5) is 0 Å². The van der Waals surface area contributed by atoms with Crippen molar-refractivity contribution in [1.29, 1.82) is 0 Å². The van der Waals surface area contributed by atoms with Crippen molar-refractivity contribution < 1.29 is 19.1 Å². The Morgan fingerprint density at radius 3 is 2.71 bits per heavy atom. The zero-order valence-electron chi connectivity index (χ0n) is 17.8. The van der Waals surface area contributed by atoms with Gasteiger partial charge >= 0.3 is 5.97 Å². The van der Waals surface area contributed by atoms with Gasteiger partial charge in [-0.25, -0.2) is 14.8 Å². The van der Waals surface area contributed by atoms with Gasteiger partial charge in [0.25, 0.3) is 5.91 Å². The number of hydrogen-bond donors (Lipinski definition) is 1. The molecule has 162 valence electrons. The number of amides is 2. The van der Waals surface area contributed by atoms with Crippen LogP contribution in [0.5, 0.6) is 0 Å². The summed E-state index contributed by atoms with van der Waals surface area (Å²) in [6, 6.07) is 6.91. The summed E-state index contributed by atoms with van der Waals surface area (Å²) in [5.74, 6) is -0.114. The molecule has 0 spiro atoms. The third-order valence-electron chi connectivity index (χ3n) is 5.35. The SMILES string of the molecule is C=CC(=O)N1CCC(c2nc(C)ncc2C(=O)NCc2cccc(C(=O)OC)c2)CC1. The molecule has 8 nitrogen and oxygen atoms in total. The second kappa shape index (κ2) is 9.97. The predicted octanol–water partition coefficient (Wildman–Crippen LogP) is 2.39. The Kier molecular flexibility index (Phi) is 7.12. The number of carbonyl (C=O) groups excluding carboxylic acids is 3. The number of piperidine rings is 1. The normalized spacial score (nSPS) is 14.1. The van der Waals surface area contributed by atoms with Crippen LogP contribution in [0.15, 0.2) is 43.1 Å². The molecule has 0 unspecified atom stereocenters. The first-order valence-corrected chi connectivity index (χ1v) is 10.1. The van der Waals surface area contributed by atoms with Crippen LogP contribution in [0.3, 0.4) is 0 Å². The van der Waals surface area contributed by atoms with Crippen LogP contribution in [0.1, 0.15) is 56.6 Å².